The van der Waals surface area contributed by atoms with Gasteiger partial charge in [0.1, 0.15) is 10.5 Å². The highest BCUT2D eigenvalue weighted by Crippen LogP contribution is 2.37. The van der Waals surface area contributed by atoms with Crippen LogP contribution in [0.2, 0.25) is 0 Å². The second kappa shape index (κ2) is 6.57. The first-order valence-electron chi connectivity index (χ1n) is 8.05. The fraction of sp³-hybridized carbons (Fsp3) is 0.0500. The average molecular weight is 361 g/mol. The minimum Gasteiger partial charge on any atom is -0.504 e. The van der Waals surface area contributed by atoms with E-state index >= 15 is 0 Å². The van der Waals surface area contributed by atoms with Gasteiger partial charge in [-0.05, 0) is 5.56 Å². The highest BCUT2D eigenvalue weighted by atomic mass is 32.1. The predicted octanol–water partition coefficient (Wildman–Crippen LogP) is 3.75. The van der Waals surface area contributed by atoms with E-state index in [4.69, 9.17) is 5.73 Å². The Morgan fingerprint density at radius 2 is 1.65 bits per heavy atom. The zero-order valence-corrected chi connectivity index (χ0v) is 14.5. The summed E-state index contributed by atoms with van der Waals surface area (Å²) in [4.78, 5) is 20.6. The van der Waals surface area contributed by atoms with Crippen molar-refractivity contribution in [3.8, 4) is 16.3 Å². The third-order valence-corrected chi connectivity index (χ3v) is 5.21. The van der Waals surface area contributed by atoms with Crippen molar-refractivity contribution in [1.29, 1.82) is 0 Å². The van der Waals surface area contributed by atoms with Crippen LogP contribution >= 0.6 is 11.3 Å². The van der Waals surface area contributed by atoms with Gasteiger partial charge < -0.3 is 10.8 Å². The van der Waals surface area contributed by atoms with Crippen LogP contribution in [0.3, 0.4) is 0 Å². The molecule has 0 atom stereocenters. The van der Waals surface area contributed by atoms with Crippen LogP contribution in [0.1, 0.15) is 21.7 Å². The zero-order chi connectivity index (χ0) is 18.1. The zero-order valence-electron chi connectivity index (χ0n) is 13.7. The molecule has 0 bridgehead atoms. The average Bonchev–Trinajstić information content (AvgIpc) is 3.12. The Kier molecular flexibility index (Phi) is 4.10. The number of thiazole rings is 1. The number of rotatable bonds is 4. The molecule has 6 heteroatoms. The first-order chi connectivity index (χ1) is 12.6. The van der Waals surface area contributed by atoms with Gasteiger partial charge in [-0.2, -0.15) is 0 Å². The van der Waals surface area contributed by atoms with E-state index in [-0.39, 0.29) is 11.4 Å². The van der Waals surface area contributed by atoms with E-state index in [9.17, 15) is 9.90 Å². The van der Waals surface area contributed by atoms with Crippen LogP contribution in [-0.4, -0.2) is 21.0 Å². The molecule has 5 nitrogen and oxygen atoms in total. The molecule has 4 rings (SSSR count). The van der Waals surface area contributed by atoms with E-state index in [0.29, 0.717) is 17.6 Å². The van der Waals surface area contributed by atoms with E-state index in [0.717, 1.165) is 20.8 Å². The molecule has 2 aromatic heterocycles. The van der Waals surface area contributed by atoms with E-state index in [2.05, 4.69) is 9.97 Å². The Labute approximate surface area is 153 Å². The van der Waals surface area contributed by atoms with Crippen molar-refractivity contribution in [1.82, 2.24) is 9.97 Å². The molecule has 0 saturated carbocycles. The maximum absolute atomic E-state index is 11.7. The smallest absolute Gasteiger partial charge is 0.271 e. The summed E-state index contributed by atoms with van der Waals surface area (Å²) in [6.45, 7) is 0. The second-order valence-corrected chi connectivity index (χ2v) is 6.84. The van der Waals surface area contributed by atoms with Crippen LogP contribution in [0.5, 0.6) is 5.75 Å². The predicted molar refractivity (Wildman–Crippen MR) is 102 cm³/mol. The lowest BCUT2D eigenvalue weighted by Gasteiger charge is -2.06. The Bertz CT molecular complexity index is 1090. The maximum Gasteiger partial charge on any atom is 0.271 e. The molecule has 0 spiro atoms. The van der Waals surface area contributed by atoms with Crippen LogP contribution in [0.15, 0.2) is 60.7 Å². The molecule has 2 heterocycles. The van der Waals surface area contributed by atoms with Crippen molar-refractivity contribution in [3.63, 3.8) is 0 Å². The van der Waals surface area contributed by atoms with E-state index in [1.165, 1.54) is 11.3 Å². The summed E-state index contributed by atoms with van der Waals surface area (Å²) in [7, 11) is 0. The number of pyridine rings is 1. The number of carbonyl (C=O) groups excluding carboxylic acids is 1. The van der Waals surface area contributed by atoms with Crippen molar-refractivity contribution < 1.29 is 9.90 Å². The Hall–Kier alpha value is -3.25. The molecule has 4 aromatic rings. The third-order valence-electron chi connectivity index (χ3n) is 4.05. The van der Waals surface area contributed by atoms with E-state index in [1.54, 1.807) is 0 Å². The number of amides is 1. The first kappa shape index (κ1) is 16.2. The van der Waals surface area contributed by atoms with Crippen molar-refractivity contribution in [2.24, 2.45) is 5.73 Å². The van der Waals surface area contributed by atoms with Gasteiger partial charge in [0.2, 0.25) is 0 Å². The summed E-state index contributed by atoms with van der Waals surface area (Å²) in [5.41, 5.74) is 8.29. The van der Waals surface area contributed by atoms with Gasteiger partial charge in [-0.15, -0.1) is 11.3 Å². The van der Waals surface area contributed by atoms with Crippen molar-refractivity contribution in [3.05, 3.63) is 77.6 Å². The molecule has 0 aliphatic carbocycles. The first-order valence-corrected chi connectivity index (χ1v) is 8.86. The van der Waals surface area contributed by atoms with E-state index < -0.39 is 5.91 Å². The largest absolute Gasteiger partial charge is 0.504 e. The Morgan fingerprint density at radius 3 is 2.31 bits per heavy atom. The van der Waals surface area contributed by atoms with Crippen LogP contribution in [0.4, 0.5) is 0 Å². The summed E-state index contributed by atoms with van der Waals surface area (Å²) < 4.78 is 0.759. The van der Waals surface area contributed by atoms with E-state index in [1.807, 2.05) is 60.7 Å². The monoisotopic (exact) mass is 361 g/mol. The van der Waals surface area contributed by atoms with Gasteiger partial charge in [0.05, 0.1) is 10.4 Å². The number of nitrogens with two attached hydrogens (primary N) is 1. The van der Waals surface area contributed by atoms with Crippen molar-refractivity contribution in [2.75, 3.05) is 0 Å². The third kappa shape index (κ3) is 2.91. The molecule has 0 aliphatic heterocycles. The molecule has 1 amide bonds. The number of benzene rings is 2. The Morgan fingerprint density at radius 1 is 1.00 bits per heavy atom. The van der Waals surface area contributed by atoms with Crippen molar-refractivity contribution >= 4 is 27.5 Å². The molecule has 0 saturated heterocycles. The summed E-state index contributed by atoms with van der Waals surface area (Å²) in [5, 5.41) is 11.2. The summed E-state index contributed by atoms with van der Waals surface area (Å²) in [5.74, 6) is -1.03. The molecule has 26 heavy (non-hydrogen) atoms. The molecule has 0 unspecified atom stereocenters. The lowest BCUT2D eigenvalue weighted by atomic mass is 10.1. The maximum atomic E-state index is 11.7. The van der Waals surface area contributed by atoms with Gasteiger partial charge in [0.25, 0.3) is 5.91 Å². The number of nitrogens with zero attached hydrogens (tertiary/aromatic N) is 2. The summed E-state index contributed by atoms with van der Waals surface area (Å²) in [6, 6.07) is 19.5. The fourth-order valence-electron chi connectivity index (χ4n) is 2.81. The highest BCUT2D eigenvalue weighted by molar-refractivity contribution is 7.21. The molecule has 128 valence electrons. The molecule has 0 radical (unpaired) electrons. The number of hydrogen-bond acceptors (Lipinski definition) is 5. The van der Waals surface area contributed by atoms with Gasteiger partial charge in [-0.1, -0.05) is 60.7 Å². The van der Waals surface area contributed by atoms with Crippen LogP contribution < -0.4 is 5.73 Å². The second-order valence-electron chi connectivity index (χ2n) is 5.85. The topological polar surface area (TPSA) is 89.1 Å². The molecular formula is C20H15N3O2S. The lowest BCUT2D eigenvalue weighted by molar-refractivity contribution is 0.0993. The number of aromatic hydroxyl groups is 1. The minimum absolute atomic E-state index is 0.145. The van der Waals surface area contributed by atoms with Gasteiger partial charge in [0.15, 0.2) is 11.4 Å². The van der Waals surface area contributed by atoms with Gasteiger partial charge >= 0.3 is 0 Å². The fourth-order valence-corrected chi connectivity index (χ4v) is 3.87. The summed E-state index contributed by atoms with van der Waals surface area (Å²) >= 11 is 1.45. The molecule has 0 aliphatic rings. The molecular weight excluding hydrogens is 346 g/mol. The quantitative estimate of drug-likeness (QED) is 0.579. The highest BCUT2D eigenvalue weighted by Gasteiger charge is 2.21. The lowest BCUT2D eigenvalue weighted by Crippen LogP contribution is -2.14. The number of aromatic nitrogens is 2. The SMILES string of the molecule is NC(=O)c1nc(Cc2ccccc2)c2sc(-c3ccccc3)nc2c1O. The van der Waals surface area contributed by atoms with Crippen molar-refractivity contribution in [2.45, 2.75) is 6.42 Å². The van der Waals surface area contributed by atoms with Gasteiger partial charge in [-0.25, -0.2) is 9.97 Å². The number of carbonyl (C=O) groups is 1. The van der Waals surface area contributed by atoms with Gasteiger partial charge in [-0.3, -0.25) is 4.79 Å². The molecule has 3 N–H and O–H groups in total. The number of primary amides is 1. The number of fused-ring (bicyclic) bond motifs is 1. The van der Waals surface area contributed by atoms with Crippen LogP contribution in [0.25, 0.3) is 20.8 Å². The van der Waals surface area contributed by atoms with Crippen LogP contribution in [-0.2, 0) is 6.42 Å². The normalized spacial score (nSPS) is 10.9. The molecule has 0 fully saturated rings. The number of hydrogen-bond donors (Lipinski definition) is 2. The minimum atomic E-state index is -0.770. The van der Waals surface area contributed by atoms with Gasteiger partial charge in [0, 0.05) is 12.0 Å². The Balaban J connectivity index is 1.93. The molecule has 2 aromatic carbocycles. The summed E-state index contributed by atoms with van der Waals surface area (Å²) in [6.07, 6.45) is 0.522. The van der Waals surface area contributed by atoms with Crippen LogP contribution in [0, 0.1) is 0 Å². The standard InChI is InChI=1S/C20H15N3O2S/c21-19(25)16-17(24)15-18(14(22-16)11-12-7-3-1-4-8-12)26-20(23-15)13-9-5-2-6-10-13/h1-10,24H,11H2,(H2,21,25).